The van der Waals surface area contributed by atoms with E-state index >= 15 is 0 Å². The van der Waals surface area contributed by atoms with E-state index in [1.807, 2.05) is 0 Å². The van der Waals surface area contributed by atoms with Gasteiger partial charge in [-0.25, -0.2) is 9.59 Å². The van der Waals surface area contributed by atoms with Crippen LogP contribution in [0.15, 0.2) is 36.4 Å². The molecular formula is C25H28O13. The van der Waals surface area contributed by atoms with Gasteiger partial charge in [0.2, 0.25) is 12.0 Å². The van der Waals surface area contributed by atoms with Gasteiger partial charge in [0.25, 0.3) is 0 Å². The van der Waals surface area contributed by atoms with Crippen molar-refractivity contribution in [1.82, 2.24) is 0 Å². The van der Waals surface area contributed by atoms with Gasteiger partial charge in [0.1, 0.15) is 31.0 Å². The third-order valence-electron chi connectivity index (χ3n) is 5.63. The van der Waals surface area contributed by atoms with Crippen molar-refractivity contribution >= 4 is 18.0 Å². The number of aliphatic hydroxyl groups is 3. The third kappa shape index (κ3) is 6.44. The number of aromatic carboxylic acids is 1. The van der Waals surface area contributed by atoms with Crippen molar-refractivity contribution in [3.05, 3.63) is 47.5 Å². The molecule has 0 radical (unpaired) electrons. The molecule has 2 aromatic carbocycles. The zero-order chi connectivity index (χ0) is 28.0. The number of aromatic hydroxyl groups is 1. The van der Waals surface area contributed by atoms with Gasteiger partial charge in [0.15, 0.2) is 23.0 Å². The first-order valence-corrected chi connectivity index (χ1v) is 11.2. The molecule has 5 N–H and O–H groups in total. The Balaban J connectivity index is 1.67. The molecule has 0 saturated carbocycles. The second-order valence-electron chi connectivity index (χ2n) is 8.04. The van der Waals surface area contributed by atoms with E-state index in [2.05, 4.69) is 0 Å². The van der Waals surface area contributed by atoms with Crippen molar-refractivity contribution in [2.24, 2.45) is 0 Å². The summed E-state index contributed by atoms with van der Waals surface area (Å²) in [6, 6.07) is 6.65. The largest absolute Gasteiger partial charge is 0.502 e. The number of ether oxygens (including phenoxy) is 6. The molecule has 1 saturated heterocycles. The number of carbonyl (C=O) groups is 2. The summed E-state index contributed by atoms with van der Waals surface area (Å²) in [5, 5.41) is 50.0. The molecule has 2 aromatic rings. The molecule has 0 spiro atoms. The number of hydrogen-bond donors (Lipinski definition) is 5. The predicted octanol–water partition coefficient (Wildman–Crippen LogP) is 0.559. The Labute approximate surface area is 217 Å². The molecule has 38 heavy (non-hydrogen) atoms. The van der Waals surface area contributed by atoms with Gasteiger partial charge < -0.3 is 54.0 Å². The molecule has 0 aromatic heterocycles. The molecule has 13 heteroatoms. The topological polar surface area (TPSA) is 191 Å². The third-order valence-corrected chi connectivity index (χ3v) is 5.63. The highest BCUT2D eigenvalue weighted by molar-refractivity contribution is 5.88. The average molecular weight is 536 g/mol. The van der Waals surface area contributed by atoms with Gasteiger partial charge in [0.05, 0.1) is 26.9 Å². The van der Waals surface area contributed by atoms with Crippen molar-refractivity contribution in [3.63, 3.8) is 0 Å². The molecule has 1 heterocycles. The Bertz CT molecular complexity index is 1150. The van der Waals surface area contributed by atoms with E-state index in [9.17, 15) is 30.0 Å². The minimum Gasteiger partial charge on any atom is -0.502 e. The molecule has 0 unspecified atom stereocenters. The molecule has 0 amide bonds. The van der Waals surface area contributed by atoms with Gasteiger partial charge >= 0.3 is 11.9 Å². The average Bonchev–Trinajstić information content (AvgIpc) is 2.91. The molecule has 13 nitrogen and oxygen atoms in total. The Morgan fingerprint density at radius 3 is 2.11 bits per heavy atom. The van der Waals surface area contributed by atoms with Gasteiger partial charge in [-0.1, -0.05) is 0 Å². The minimum atomic E-state index is -1.71. The lowest BCUT2D eigenvalue weighted by atomic mass is 9.99. The van der Waals surface area contributed by atoms with Crippen LogP contribution in [0.3, 0.4) is 0 Å². The number of phenolic OH excluding ortho intramolecular Hbond substituents is 1. The van der Waals surface area contributed by atoms with Crippen molar-refractivity contribution < 1.29 is 63.5 Å². The zero-order valence-corrected chi connectivity index (χ0v) is 20.6. The Kier molecular flexibility index (Phi) is 9.36. The van der Waals surface area contributed by atoms with E-state index in [4.69, 9.17) is 33.5 Å². The number of esters is 1. The highest BCUT2D eigenvalue weighted by atomic mass is 16.7. The number of phenols is 1. The summed E-state index contributed by atoms with van der Waals surface area (Å²) in [4.78, 5) is 23.4. The second kappa shape index (κ2) is 12.5. The van der Waals surface area contributed by atoms with E-state index in [1.165, 1.54) is 57.7 Å². The molecular weight excluding hydrogens is 508 g/mol. The van der Waals surface area contributed by atoms with Crippen molar-refractivity contribution in [2.45, 2.75) is 30.7 Å². The lowest BCUT2D eigenvalue weighted by molar-refractivity contribution is -0.278. The summed E-state index contributed by atoms with van der Waals surface area (Å²) in [6.07, 6.45) is -5.38. The molecule has 0 aliphatic carbocycles. The minimum absolute atomic E-state index is 0.00331. The second-order valence-corrected chi connectivity index (χ2v) is 8.04. The van der Waals surface area contributed by atoms with Gasteiger partial charge in [-0.3, -0.25) is 0 Å². The van der Waals surface area contributed by atoms with Crippen molar-refractivity contribution in [2.75, 3.05) is 27.9 Å². The molecule has 5 atom stereocenters. The molecule has 206 valence electrons. The van der Waals surface area contributed by atoms with Crippen LogP contribution in [0.1, 0.15) is 15.9 Å². The number of rotatable bonds is 10. The molecule has 1 fully saturated rings. The molecule has 3 rings (SSSR count). The summed E-state index contributed by atoms with van der Waals surface area (Å²) in [6.45, 7) is -0.509. The van der Waals surface area contributed by atoms with E-state index in [0.717, 1.165) is 6.08 Å². The van der Waals surface area contributed by atoms with Gasteiger partial charge in [0, 0.05) is 6.08 Å². The van der Waals surface area contributed by atoms with Crippen LogP contribution >= 0.6 is 0 Å². The number of methoxy groups -OCH3 is 3. The van der Waals surface area contributed by atoms with Crippen LogP contribution in [-0.4, -0.2) is 96.1 Å². The first kappa shape index (κ1) is 28.5. The molecule has 1 aliphatic rings. The number of carboxylic acid groups (broad SMARTS) is 1. The van der Waals surface area contributed by atoms with Crippen LogP contribution < -0.4 is 18.9 Å². The zero-order valence-electron chi connectivity index (χ0n) is 20.6. The summed E-state index contributed by atoms with van der Waals surface area (Å²) in [5.74, 6) is -1.93. The Morgan fingerprint density at radius 1 is 0.895 bits per heavy atom. The Morgan fingerprint density at radius 2 is 1.53 bits per heavy atom. The lowest BCUT2D eigenvalue weighted by Gasteiger charge is -2.40. The molecule has 1 aliphatic heterocycles. The fraction of sp³-hybridized carbons (Fsp3) is 0.360. The fourth-order valence-corrected chi connectivity index (χ4v) is 3.56. The highest BCUT2D eigenvalue weighted by Gasteiger charge is 2.45. The van der Waals surface area contributed by atoms with Crippen LogP contribution in [0.5, 0.6) is 28.7 Å². The SMILES string of the molecule is COc1cc(C(=O)O)ccc1O[C@@H]1O[C@H](COC(=O)C=Cc2cc(OC)c(O)c(OC)c2)[C@@H](O)[C@H](O)[C@H]1O. The van der Waals surface area contributed by atoms with E-state index in [0.29, 0.717) is 5.56 Å². The number of benzene rings is 2. The quantitative estimate of drug-likeness (QED) is 0.209. The molecule has 0 bridgehead atoms. The fourth-order valence-electron chi connectivity index (χ4n) is 3.56. The number of hydrogen-bond acceptors (Lipinski definition) is 12. The van der Waals surface area contributed by atoms with E-state index in [-0.39, 0.29) is 34.3 Å². The van der Waals surface area contributed by atoms with E-state index < -0.39 is 49.3 Å². The van der Waals surface area contributed by atoms with Crippen LogP contribution in [0.4, 0.5) is 0 Å². The first-order valence-electron chi connectivity index (χ1n) is 11.2. The monoisotopic (exact) mass is 536 g/mol. The summed E-state index contributed by atoms with van der Waals surface area (Å²) in [5.41, 5.74) is 0.383. The van der Waals surface area contributed by atoms with Gasteiger partial charge in [-0.2, -0.15) is 0 Å². The number of aliphatic hydroxyl groups excluding tert-OH is 3. The van der Waals surface area contributed by atoms with E-state index in [1.54, 1.807) is 0 Å². The maximum absolute atomic E-state index is 12.3. The predicted molar refractivity (Wildman–Crippen MR) is 128 cm³/mol. The summed E-state index contributed by atoms with van der Waals surface area (Å²) >= 11 is 0. The van der Waals surface area contributed by atoms with Crippen molar-refractivity contribution in [3.8, 4) is 28.7 Å². The smallest absolute Gasteiger partial charge is 0.335 e. The standard InChI is InChI=1S/C25H28O13/c1-33-15-10-13(24(31)32)5-6-14(15)37-25-23(30)22(29)21(28)18(38-25)11-36-19(26)7-4-12-8-16(34-2)20(27)17(9-12)35-3/h4-10,18,21-23,25,27-30H,11H2,1-3H3,(H,31,32)/t18-,21-,22+,23-,25-/m1/s1. The first-order chi connectivity index (χ1) is 18.1. The van der Waals surface area contributed by atoms with Gasteiger partial charge in [-0.15, -0.1) is 0 Å². The highest BCUT2D eigenvalue weighted by Crippen LogP contribution is 2.37. The van der Waals surface area contributed by atoms with Crippen LogP contribution in [0, 0.1) is 0 Å². The number of carbonyl (C=O) groups excluding carboxylic acids is 1. The van der Waals surface area contributed by atoms with Crippen LogP contribution in [0.25, 0.3) is 6.08 Å². The maximum atomic E-state index is 12.3. The summed E-state index contributed by atoms with van der Waals surface area (Å²) < 4.78 is 31.5. The normalized spacial score (nSPS) is 23.1. The maximum Gasteiger partial charge on any atom is 0.335 e. The lowest BCUT2D eigenvalue weighted by Crippen LogP contribution is -2.60. The van der Waals surface area contributed by atoms with Crippen LogP contribution in [0.2, 0.25) is 0 Å². The van der Waals surface area contributed by atoms with Crippen LogP contribution in [-0.2, 0) is 14.3 Å². The Hall–Kier alpha value is -4.04. The van der Waals surface area contributed by atoms with Gasteiger partial charge in [-0.05, 0) is 42.0 Å². The van der Waals surface area contributed by atoms with Crippen molar-refractivity contribution in [1.29, 1.82) is 0 Å². The number of carboxylic acids is 1. The summed E-state index contributed by atoms with van der Waals surface area (Å²) in [7, 11) is 4.00.